The zero-order valence-electron chi connectivity index (χ0n) is 10.7. The van der Waals surface area contributed by atoms with E-state index in [4.69, 9.17) is 0 Å². The van der Waals surface area contributed by atoms with Gasteiger partial charge < -0.3 is 15.0 Å². The minimum absolute atomic E-state index is 0.0518. The van der Waals surface area contributed by atoms with Crippen LogP contribution in [0.25, 0.3) is 0 Å². The molecule has 0 radical (unpaired) electrons. The number of nitrogens with zero attached hydrogens (tertiary/aromatic N) is 3. The summed E-state index contributed by atoms with van der Waals surface area (Å²) in [5, 5.41) is 21.7. The van der Waals surface area contributed by atoms with E-state index in [0.29, 0.717) is 5.82 Å². The van der Waals surface area contributed by atoms with Crippen molar-refractivity contribution < 1.29 is 9.75 Å². The average Bonchev–Trinajstić information content (AvgIpc) is 2.68. The topological polar surface area (TPSA) is 59.4 Å². The van der Waals surface area contributed by atoms with Crippen LogP contribution < -0.4 is 4.90 Å². The van der Waals surface area contributed by atoms with Crippen molar-refractivity contribution in [2.45, 2.75) is 32.4 Å². The molecule has 0 saturated carbocycles. The Kier molecular flexibility index (Phi) is 2.94. The van der Waals surface area contributed by atoms with Gasteiger partial charge in [-0.2, -0.15) is 4.37 Å². The first kappa shape index (κ1) is 12.8. The smallest absolute Gasteiger partial charge is 0.183 e. The van der Waals surface area contributed by atoms with Crippen molar-refractivity contribution in [3.8, 4) is 0 Å². The van der Waals surface area contributed by atoms with Crippen LogP contribution in [0.15, 0.2) is 6.07 Å². The van der Waals surface area contributed by atoms with Crippen molar-refractivity contribution in [3.63, 3.8) is 0 Å². The van der Waals surface area contributed by atoms with Crippen molar-refractivity contribution in [3.05, 3.63) is 16.2 Å². The molecule has 0 amide bonds. The minimum atomic E-state index is -0.729. The summed E-state index contributed by atoms with van der Waals surface area (Å²) in [7, 11) is 1.57. The van der Waals surface area contributed by atoms with E-state index in [1.165, 1.54) is 11.5 Å². The highest BCUT2D eigenvalue weighted by Crippen LogP contribution is 2.32. The summed E-state index contributed by atoms with van der Waals surface area (Å²) >= 11 is 1.43. The summed E-state index contributed by atoms with van der Waals surface area (Å²) in [5.41, 5.74) is 0.0518. The molecule has 96 valence electrons. The van der Waals surface area contributed by atoms with Gasteiger partial charge in [0.1, 0.15) is 12.4 Å². The summed E-state index contributed by atoms with van der Waals surface area (Å²) in [6.07, 6.45) is -0.729. The highest BCUT2D eigenvalue weighted by atomic mass is 32.1. The van der Waals surface area contributed by atoms with Crippen molar-refractivity contribution in [1.82, 2.24) is 4.37 Å². The Balaban J connectivity index is 2.22. The first-order valence-electron chi connectivity index (χ1n) is 5.66. The van der Waals surface area contributed by atoms with Gasteiger partial charge in [0.15, 0.2) is 12.9 Å². The molecule has 0 bridgehead atoms. The number of anilines is 1. The molecular weight excluding hydrogens is 238 g/mol. The Labute approximate surface area is 106 Å². The number of hydrogen-bond donors (Lipinski definition) is 1. The summed E-state index contributed by atoms with van der Waals surface area (Å²) in [6.45, 7) is 6.83. The van der Waals surface area contributed by atoms with Gasteiger partial charge in [0.05, 0.1) is 7.05 Å². The Morgan fingerprint density at radius 1 is 1.59 bits per heavy atom. The number of quaternary nitrogens is 1. The zero-order chi connectivity index (χ0) is 12.8. The molecule has 17 heavy (non-hydrogen) atoms. The summed E-state index contributed by atoms with van der Waals surface area (Å²) < 4.78 is 3.90. The van der Waals surface area contributed by atoms with Crippen LogP contribution in [-0.2, 0) is 5.41 Å². The number of aliphatic hydroxyl groups excluding tert-OH is 1. The lowest BCUT2D eigenvalue weighted by Gasteiger charge is -2.32. The second kappa shape index (κ2) is 3.91. The van der Waals surface area contributed by atoms with Crippen LogP contribution in [0.2, 0.25) is 0 Å². The van der Waals surface area contributed by atoms with Gasteiger partial charge >= 0.3 is 0 Å². The quantitative estimate of drug-likeness (QED) is 0.611. The third kappa shape index (κ3) is 2.60. The molecular formula is C11H19N3O2S. The number of likely N-dealkylation sites (N-methyl/N-ethyl adjacent to an activating group) is 1. The zero-order valence-corrected chi connectivity index (χ0v) is 11.5. The predicted molar refractivity (Wildman–Crippen MR) is 68.6 cm³/mol. The Morgan fingerprint density at radius 3 is 2.65 bits per heavy atom. The van der Waals surface area contributed by atoms with Crippen LogP contribution >= 0.6 is 11.5 Å². The Morgan fingerprint density at radius 2 is 2.24 bits per heavy atom. The van der Waals surface area contributed by atoms with Crippen molar-refractivity contribution >= 4 is 17.4 Å². The fourth-order valence-electron chi connectivity index (χ4n) is 1.90. The average molecular weight is 257 g/mol. The molecule has 1 aliphatic rings. The second-order valence-corrected chi connectivity index (χ2v) is 6.68. The van der Waals surface area contributed by atoms with Crippen LogP contribution in [0, 0.1) is 5.21 Å². The Hall–Kier alpha value is -0.690. The lowest BCUT2D eigenvalue weighted by atomic mass is 9.95. The number of hydrogen-bond acceptors (Lipinski definition) is 5. The second-order valence-electron chi connectivity index (χ2n) is 5.87. The highest BCUT2D eigenvalue weighted by molar-refractivity contribution is 7.06. The van der Waals surface area contributed by atoms with E-state index in [9.17, 15) is 10.3 Å². The van der Waals surface area contributed by atoms with Gasteiger partial charge in [0.2, 0.25) is 0 Å². The van der Waals surface area contributed by atoms with E-state index >= 15 is 0 Å². The van der Waals surface area contributed by atoms with E-state index in [-0.39, 0.29) is 18.6 Å². The SMILES string of the molecule is CC(C)(C)c1cc(N2C[N+](C)([O-])CC2O)ns1. The van der Waals surface area contributed by atoms with Crippen LogP contribution in [0.3, 0.4) is 0 Å². The molecule has 1 N–H and O–H groups in total. The maximum absolute atomic E-state index is 11.8. The number of hydroxylamine groups is 3. The third-order valence-corrected chi connectivity index (χ3v) is 4.10. The van der Waals surface area contributed by atoms with Crippen LogP contribution in [0.5, 0.6) is 0 Å². The molecule has 0 aromatic carbocycles. The maximum Gasteiger partial charge on any atom is 0.183 e. The fraction of sp³-hybridized carbons (Fsp3) is 0.727. The monoisotopic (exact) mass is 257 g/mol. The highest BCUT2D eigenvalue weighted by Gasteiger charge is 2.36. The van der Waals surface area contributed by atoms with E-state index < -0.39 is 10.9 Å². The molecule has 0 spiro atoms. The fourth-order valence-corrected chi connectivity index (χ4v) is 2.68. The molecule has 2 unspecified atom stereocenters. The normalized spacial score (nSPS) is 30.0. The van der Waals surface area contributed by atoms with Gasteiger partial charge in [-0.15, -0.1) is 0 Å². The molecule has 2 atom stereocenters. The van der Waals surface area contributed by atoms with E-state index in [1.54, 1.807) is 11.9 Å². The molecule has 6 heteroatoms. The van der Waals surface area contributed by atoms with Gasteiger partial charge in [-0.3, -0.25) is 4.90 Å². The molecule has 5 nitrogen and oxygen atoms in total. The first-order valence-corrected chi connectivity index (χ1v) is 6.44. The molecule has 2 heterocycles. The maximum atomic E-state index is 11.8. The lowest BCUT2D eigenvalue weighted by Crippen LogP contribution is -2.36. The molecule has 1 fully saturated rings. The molecule has 2 rings (SSSR count). The van der Waals surface area contributed by atoms with Crippen molar-refractivity contribution in [1.29, 1.82) is 0 Å². The standard InChI is InChI=1S/C11H19N3O2S/c1-11(2,3)8-5-9(12-17-8)13-7-14(4,16)6-10(13)15/h5,10,15H,6-7H2,1-4H3. The van der Waals surface area contributed by atoms with Gasteiger partial charge in [-0.25, -0.2) is 0 Å². The minimum Gasteiger partial charge on any atom is -0.632 e. The van der Waals surface area contributed by atoms with E-state index in [0.717, 1.165) is 4.88 Å². The van der Waals surface area contributed by atoms with Gasteiger partial charge in [0.25, 0.3) is 0 Å². The molecule has 1 aromatic heterocycles. The summed E-state index contributed by atoms with van der Waals surface area (Å²) in [4.78, 5) is 2.84. The van der Waals surface area contributed by atoms with Crippen molar-refractivity contribution in [2.75, 3.05) is 25.2 Å². The number of rotatable bonds is 1. The molecule has 1 aliphatic heterocycles. The summed E-state index contributed by atoms with van der Waals surface area (Å²) in [5.74, 6) is 0.713. The largest absolute Gasteiger partial charge is 0.632 e. The predicted octanol–water partition coefficient (Wildman–Crippen LogP) is 1.48. The molecule has 0 aliphatic carbocycles. The van der Waals surface area contributed by atoms with Crippen LogP contribution in [0.1, 0.15) is 25.6 Å². The first-order chi connectivity index (χ1) is 7.69. The van der Waals surface area contributed by atoms with E-state index in [2.05, 4.69) is 25.1 Å². The van der Waals surface area contributed by atoms with Crippen LogP contribution in [-0.4, -0.2) is 40.6 Å². The van der Waals surface area contributed by atoms with Gasteiger partial charge in [-0.1, -0.05) is 20.8 Å². The summed E-state index contributed by atoms with van der Waals surface area (Å²) in [6, 6.07) is 1.97. The molecule has 1 saturated heterocycles. The number of aromatic nitrogens is 1. The molecule has 1 aromatic rings. The van der Waals surface area contributed by atoms with Gasteiger partial charge in [-0.05, 0) is 23.0 Å². The lowest BCUT2D eigenvalue weighted by molar-refractivity contribution is -0.848. The third-order valence-electron chi connectivity index (χ3n) is 2.89. The Bertz CT molecular complexity index is 411. The van der Waals surface area contributed by atoms with Crippen molar-refractivity contribution in [2.24, 2.45) is 0 Å². The number of aliphatic hydroxyl groups is 1. The van der Waals surface area contributed by atoms with Gasteiger partial charge in [0, 0.05) is 4.88 Å². The van der Waals surface area contributed by atoms with E-state index in [1.807, 2.05) is 6.07 Å². The van der Waals surface area contributed by atoms with Crippen LogP contribution in [0.4, 0.5) is 5.82 Å².